The van der Waals surface area contributed by atoms with Gasteiger partial charge in [0.15, 0.2) is 0 Å². The van der Waals surface area contributed by atoms with Gasteiger partial charge in [0.1, 0.15) is 0 Å². The second kappa shape index (κ2) is 6.14. The molecule has 0 aromatic heterocycles. The maximum absolute atomic E-state index is 11.3. The molecule has 4 nitrogen and oxygen atoms in total. The van der Waals surface area contributed by atoms with E-state index in [2.05, 4.69) is 0 Å². The Kier molecular flexibility index (Phi) is 5.11. The van der Waals surface area contributed by atoms with Gasteiger partial charge in [0, 0.05) is 18.2 Å². The van der Waals surface area contributed by atoms with Gasteiger partial charge in [0.2, 0.25) is 5.91 Å². The van der Waals surface area contributed by atoms with Crippen LogP contribution in [0.25, 0.3) is 0 Å². The lowest BCUT2D eigenvalue weighted by Crippen LogP contribution is -2.43. The molecule has 0 spiro atoms. The van der Waals surface area contributed by atoms with Crippen LogP contribution in [-0.4, -0.2) is 47.4 Å². The van der Waals surface area contributed by atoms with Crippen LogP contribution in [0.1, 0.15) is 6.42 Å². The highest BCUT2D eigenvalue weighted by Gasteiger charge is 2.25. The van der Waals surface area contributed by atoms with Crippen LogP contribution in [0, 0.1) is 0 Å². The van der Waals surface area contributed by atoms with E-state index in [0.29, 0.717) is 24.6 Å². The van der Waals surface area contributed by atoms with Crippen molar-refractivity contribution < 1.29 is 14.3 Å². The zero-order valence-electron chi connectivity index (χ0n) is 7.70. The van der Waals surface area contributed by atoms with Gasteiger partial charge in [-0.05, 0) is 6.42 Å². The summed E-state index contributed by atoms with van der Waals surface area (Å²) in [6.07, 6.45) is 0.0739. The van der Waals surface area contributed by atoms with Gasteiger partial charge in [-0.1, -0.05) is 0 Å². The van der Waals surface area contributed by atoms with Gasteiger partial charge < -0.3 is 4.74 Å². The molecule has 0 N–H and O–H groups in total. The Bertz CT molecular complexity index is 225. The number of alkyl halides is 1. The molecule has 0 unspecified atom stereocenters. The van der Waals surface area contributed by atoms with Crippen molar-refractivity contribution in [3.8, 4) is 0 Å². The predicted octanol–water partition coefficient (Wildman–Crippen LogP) is 1.33. The Labute approximate surface area is 91.9 Å². The van der Waals surface area contributed by atoms with Crippen molar-refractivity contribution in [3.05, 3.63) is 0 Å². The normalized spacial score (nSPS) is 16.9. The highest BCUT2D eigenvalue weighted by molar-refractivity contribution is 8.00. The Morgan fingerprint density at radius 3 is 3.07 bits per heavy atom. The zero-order chi connectivity index (χ0) is 10.4. The Morgan fingerprint density at radius 2 is 2.43 bits per heavy atom. The summed E-state index contributed by atoms with van der Waals surface area (Å²) in [6.45, 7) is 0.725. The van der Waals surface area contributed by atoms with Crippen molar-refractivity contribution in [2.45, 2.75) is 6.42 Å². The van der Waals surface area contributed by atoms with E-state index in [0.717, 1.165) is 10.7 Å². The quantitative estimate of drug-likeness (QED) is 0.549. The molecule has 2 amide bonds. The fourth-order valence-corrected chi connectivity index (χ4v) is 1.90. The molecule has 0 bridgehead atoms. The number of carbonyl (C=O) groups is 2. The molecule has 6 heteroatoms. The number of hydrogen-bond donors (Lipinski definition) is 0. The van der Waals surface area contributed by atoms with Gasteiger partial charge in [-0.2, -0.15) is 11.8 Å². The highest BCUT2D eigenvalue weighted by atomic mass is 35.5. The number of thioether (sulfide) groups is 1. The molecule has 1 aliphatic heterocycles. The van der Waals surface area contributed by atoms with E-state index in [1.807, 2.05) is 0 Å². The molecular weight excluding hydrogens is 226 g/mol. The molecule has 1 aliphatic rings. The first kappa shape index (κ1) is 11.7. The molecule has 1 rings (SSSR count). The number of amides is 2. The van der Waals surface area contributed by atoms with Gasteiger partial charge in [0.05, 0.1) is 12.4 Å². The first-order valence-corrected chi connectivity index (χ1v) is 6.05. The van der Waals surface area contributed by atoms with Crippen LogP contribution in [0.3, 0.4) is 0 Å². The van der Waals surface area contributed by atoms with Gasteiger partial charge in [-0.3, -0.25) is 4.79 Å². The summed E-state index contributed by atoms with van der Waals surface area (Å²) < 4.78 is 4.86. The number of ether oxygens (including phenoxy) is 1. The van der Waals surface area contributed by atoms with Crippen molar-refractivity contribution in [2.24, 2.45) is 0 Å². The lowest BCUT2D eigenvalue weighted by atomic mass is 10.5. The largest absolute Gasteiger partial charge is 0.449 e. The van der Waals surface area contributed by atoms with E-state index in [1.54, 1.807) is 0 Å². The third-order valence-electron chi connectivity index (χ3n) is 1.71. The van der Waals surface area contributed by atoms with E-state index in [4.69, 9.17) is 16.3 Å². The summed E-state index contributed by atoms with van der Waals surface area (Å²) in [5.41, 5.74) is 0. The van der Waals surface area contributed by atoms with Crippen LogP contribution < -0.4 is 0 Å². The fourth-order valence-electron chi connectivity index (χ4n) is 1.00. The van der Waals surface area contributed by atoms with Gasteiger partial charge in [0.25, 0.3) is 0 Å². The van der Waals surface area contributed by atoms with Gasteiger partial charge in [-0.15, -0.1) is 11.6 Å². The van der Waals surface area contributed by atoms with Crippen molar-refractivity contribution in [1.29, 1.82) is 0 Å². The highest BCUT2D eigenvalue weighted by Crippen LogP contribution is 2.11. The molecule has 0 aromatic carbocycles. The van der Waals surface area contributed by atoms with Crippen LogP contribution >= 0.6 is 23.4 Å². The molecule has 1 heterocycles. The standard InChI is InChI=1S/C8H12ClNO3S/c9-2-1-4-13-8(12)10-3-5-14-6-7(10)11/h1-6H2. The van der Waals surface area contributed by atoms with Crippen LogP contribution in [0.15, 0.2) is 0 Å². The topological polar surface area (TPSA) is 46.6 Å². The summed E-state index contributed by atoms with van der Waals surface area (Å²) in [6, 6.07) is 0. The monoisotopic (exact) mass is 237 g/mol. The molecule has 0 aliphatic carbocycles. The van der Waals surface area contributed by atoms with Crippen LogP contribution in [0.4, 0.5) is 4.79 Å². The maximum atomic E-state index is 11.3. The number of hydrogen-bond acceptors (Lipinski definition) is 4. The summed E-state index contributed by atoms with van der Waals surface area (Å²) in [5.74, 6) is 1.44. The smallest absolute Gasteiger partial charge is 0.416 e. The van der Waals surface area contributed by atoms with Crippen molar-refractivity contribution >= 4 is 35.4 Å². The van der Waals surface area contributed by atoms with Gasteiger partial charge >= 0.3 is 6.09 Å². The Balaban J connectivity index is 2.31. The van der Waals surface area contributed by atoms with E-state index >= 15 is 0 Å². The third-order valence-corrected chi connectivity index (χ3v) is 2.90. The van der Waals surface area contributed by atoms with Crippen LogP contribution in [-0.2, 0) is 9.53 Å². The molecule has 80 valence electrons. The minimum absolute atomic E-state index is 0.169. The summed E-state index contributed by atoms with van der Waals surface area (Å²) in [5, 5.41) is 0. The van der Waals surface area contributed by atoms with Crippen LogP contribution in [0.5, 0.6) is 0 Å². The molecule has 0 atom stereocenters. The lowest BCUT2D eigenvalue weighted by Gasteiger charge is -2.23. The Hall–Kier alpha value is -0.420. The van der Waals surface area contributed by atoms with E-state index in [9.17, 15) is 9.59 Å². The van der Waals surface area contributed by atoms with Crippen LogP contribution in [0.2, 0.25) is 0 Å². The second-order valence-electron chi connectivity index (χ2n) is 2.75. The average molecular weight is 238 g/mol. The summed E-state index contributed by atoms with van der Waals surface area (Å²) in [4.78, 5) is 23.7. The summed E-state index contributed by atoms with van der Waals surface area (Å²) >= 11 is 6.96. The van der Waals surface area contributed by atoms with Crippen molar-refractivity contribution in [2.75, 3.05) is 30.5 Å². The number of halogens is 1. The van der Waals surface area contributed by atoms with E-state index < -0.39 is 6.09 Å². The zero-order valence-corrected chi connectivity index (χ0v) is 9.27. The molecule has 0 radical (unpaired) electrons. The third kappa shape index (κ3) is 3.38. The molecule has 1 fully saturated rings. The fraction of sp³-hybridized carbons (Fsp3) is 0.750. The average Bonchev–Trinajstić information content (AvgIpc) is 2.18. The number of rotatable bonds is 3. The molecule has 0 saturated carbocycles. The van der Waals surface area contributed by atoms with Crippen molar-refractivity contribution in [3.63, 3.8) is 0 Å². The minimum Gasteiger partial charge on any atom is -0.449 e. The van der Waals surface area contributed by atoms with E-state index in [1.165, 1.54) is 11.8 Å². The number of imide groups is 1. The first-order valence-electron chi connectivity index (χ1n) is 4.36. The lowest BCUT2D eigenvalue weighted by molar-refractivity contribution is -0.126. The second-order valence-corrected chi connectivity index (χ2v) is 4.24. The number of nitrogens with zero attached hydrogens (tertiary/aromatic N) is 1. The minimum atomic E-state index is -0.541. The van der Waals surface area contributed by atoms with Crippen molar-refractivity contribution in [1.82, 2.24) is 4.90 Å². The molecule has 1 saturated heterocycles. The predicted molar refractivity (Wildman–Crippen MR) is 55.7 cm³/mol. The molecule has 14 heavy (non-hydrogen) atoms. The SMILES string of the molecule is O=C1CSCCN1C(=O)OCCCCl. The van der Waals surface area contributed by atoms with E-state index in [-0.39, 0.29) is 12.5 Å². The maximum Gasteiger partial charge on any atom is 0.416 e. The molecular formula is C8H12ClNO3S. The first-order chi connectivity index (χ1) is 6.75. The molecule has 0 aromatic rings. The number of carbonyl (C=O) groups excluding carboxylic acids is 2. The summed E-state index contributed by atoms with van der Waals surface area (Å²) in [7, 11) is 0. The Morgan fingerprint density at radius 1 is 1.64 bits per heavy atom. The van der Waals surface area contributed by atoms with Gasteiger partial charge in [-0.25, -0.2) is 9.69 Å².